The van der Waals surface area contributed by atoms with Crippen LogP contribution < -0.4 is 4.74 Å². The van der Waals surface area contributed by atoms with Gasteiger partial charge in [-0.1, -0.05) is 54.6 Å². The quantitative estimate of drug-likeness (QED) is 0.515. The zero-order chi connectivity index (χ0) is 21.2. The molecule has 1 amide bonds. The van der Waals surface area contributed by atoms with E-state index < -0.39 is 0 Å². The molecule has 0 aromatic heterocycles. The van der Waals surface area contributed by atoms with Crippen molar-refractivity contribution in [3.05, 3.63) is 95.6 Å². The van der Waals surface area contributed by atoms with Gasteiger partial charge in [-0.05, 0) is 48.2 Å². The number of fused-ring (bicyclic) bond motifs is 3. The molecule has 5 heteroatoms. The fourth-order valence-corrected chi connectivity index (χ4v) is 5.31. The number of hydrogen-bond donors (Lipinski definition) is 0. The Balaban J connectivity index is 1.47. The van der Waals surface area contributed by atoms with Crippen LogP contribution in [-0.4, -0.2) is 29.5 Å². The summed E-state index contributed by atoms with van der Waals surface area (Å²) in [6.45, 7) is 0. The van der Waals surface area contributed by atoms with E-state index >= 15 is 0 Å². The van der Waals surface area contributed by atoms with Crippen molar-refractivity contribution >= 4 is 23.4 Å². The lowest BCUT2D eigenvalue weighted by Crippen LogP contribution is -2.33. The van der Waals surface area contributed by atoms with Crippen molar-refractivity contribution in [2.75, 3.05) is 12.9 Å². The van der Waals surface area contributed by atoms with E-state index in [2.05, 4.69) is 36.4 Å². The minimum Gasteiger partial charge on any atom is -0.497 e. The maximum Gasteiger partial charge on any atom is 0.253 e. The van der Waals surface area contributed by atoms with E-state index in [-0.39, 0.29) is 17.9 Å². The Morgan fingerprint density at radius 3 is 2.55 bits per heavy atom. The standard InChI is InChI=1S/C26H24N2O2S/c1-30-20-14-11-19(12-15-20)26-23-16-13-18-7-5-6-10-22(18)25(23)27-28(26)24(29)17-31-21-8-3-2-4-9-21/h2-12,14-15,23,26H,13,16-17H2,1H3/t23-,26-/m1/s1. The largest absolute Gasteiger partial charge is 0.497 e. The van der Waals surface area contributed by atoms with E-state index in [4.69, 9.17) is 9.84 Å². The normalized spacial score (nSPS) is 19.4. The highest BCUT2D eigenvalue weighted by Gasteiger charge is 2.43. The highest BCUT2D eigenvalue weighted by Crippen LogP contribution is 2.44. The Kier molecular flexibility index (Phi) is 5.51. The first-order valence-electron chi connectivity index (χ1n) is 10.6. The molecule has 1 heterocycles. The van der Waals surface area contributed by atoms with Gasteiger partial charge in [0.15, 0.2) is 0 Å². The van der Waals surface area contributed by atoms with Gasteiger partial charge >= 0.3 is 0 Å². The van der Waals surface area contributed by atoms with E-state index in [9.17, 15) is 4.79 Å². The minimum atomic E-state index is -0.0851. The molecule has 3 aromatic carbocycles. The molecule has 2 aliphatic rings. The molecule has 1 aliphatic carbocycles. The molecule has 0 fully saturated rings. The third-order valence-corrected chi connectivity index (χ3v) is 7.04. The Morgan fingerprint density at radius 1 is 1.03 bits per heavy atom. The van der Waals surface area contributed by atoms with E-state index in [1.807, 2.05) is 42.5 Å². The molecule has 0 radical (unpaired) electrons. The molecule has 5 rings (SSSR count). The van der Waals surface area contributed by atoms with Crippen LogP contribution >= 0.6 is 11.8 Å². The summed E-state index contributed by atoms with van der Waals surface area (Å²) in [6.07, 6.45) is 2.00. The van der Waals surface area contributed by atoms with Crippen LogP contribution in [0.25, 0.3) is 0 Å². The second-order valence-corrected chi connectivity index (χ2v) is 8.89. The fourth-order valence-electron chi connectivity index (χ4n) is 4.53. The third kappa shape index (κ3) is 3.86. The summed E-state index contributed by atoms with van der Waals surface area (Å²) in [5.74, 6) is 1.42. The van der Waals surface area contributed by atoms with Gasteiger partial charge in [-0.25, -0.2) is 5.01 Å². The van der Waals surface area contributed by atoms with Gasteiger partial charge < -0.3 is 4.74 Å². The number of ether oxygens (including phenoxy) is 1. The predicted octanol–water partition coefficient (Wildman–Crippen LogP) is 5.34. The van der Waals surface area contributed by atoms with Gasteiger partial charge in [0, 0.05) is 16.4 Å². The lowest BCUT2D eigenvalue weighted by Gasteiger charge is -2.29. The average Bonchev–Trinajstić information content (AvgIpc) is 3.23. The molecule has 4 nitrogen and oxygen atoms in total. The first-order chi connectivity index (χ1) is 15.2. The maximum atomic E-state index is 13.4. The Bertz CT molecular complexity index is 1110. The number of rotatable bonds is 5. The number of methoxy groups -OCH3 is 1. The number of amides is 1. The predicted molar refractivity (Wildman–Crippen MR) is 125 cm³/mol. The number of nitrogens with zero attached hydrogens (tertiary/aromatic N) is 2. The number of aryl methyl sites for hydroxylation is 1. The summed E-state index contributed by atoms with van der Waals surface area (Å²) in [5.41, 5.74) is 4.64. The molecule has 31 heavy (non-hydrogen) atoms. The zero-order valence-corrected chi connectivity index (χ0v) is 18.2. The second-order valence-electron chi connectivity index (χ2n) is 7.85. The van der Waals surface area contributed by atoms with Crippen molar-refractivity contribution in [3.8, 4) is 5.75 Å². The summed E-state index contributed by atoms with van der Waals surface area (Å²) in [5, 5.41) is 6.66. The summed E-state index contributed by atoms with van der Waals surface area (Å²) >= 11 is 1.56. The Morgan fingerprint density at radius 2 is 1.77 bits per heavy atom. The van der Waals surface area contributed by atoms with Gasteiger partial charge in [-0.15, -0.1) is 11.8 Å². The van der Waals surface area contributed by atoms with Gasteiger partial charge in [0.2, 0.25) is 0 Å². The summed E-state index contributed by atoms with van der Waals surface area (Å²) in [7, 11) is 1.67. The highest BCUT2D eigenvalue weighted by molar-refractivity contribution is 8.00. The Hall–Kier alpha value is -3.05. The molecule has 0 N–H and O–H groups in total. The molecule has 0 saturated carbocycles. The topological polar surface area (TPSA) is 41.9 Å². The second kappa shape index (κ2) is 8.60. The van der Waals surface area contributed by atoms with Crippen molar-refractivity contribution in [1.29, 1.82) is 0 Å². The summed E-state index contributed by atoms with van der Waals surface area (Å²) in [4.78, 5) is 14.4. The molecule has 0 unspecified atom stereocenters. The van der Waals surface area contributed by atoms with Crippen LogP contribution in [0.3, 0.4) is 0 Å². The van der Waals surface area contributed by atoms with Crippen LogP contribution in [0, 0.1) is 5.92 Å². The fraction of sp³-hybridized carbons (Fsp3) is 0.231. The SMILES string of the molecule is COc1ccc([C@@H]2[C@@H]3CCc4ccccc4C3=NN2C(=O)CSc2ccccc2)cc1. The highest BCUT2D eigenvalue weighted by atomic mass is 32.2. The number of benzene rings is 3. The van der Waals surface area contributed by atoms with Crippen LogP contribution in [0.5, 0.6) is 5.75 Å². The smallest absolute Gasteiger partial charge is 0.253 e. The third-order valence-electron chi connectivity index (χ3n) is 6.05. The van der Waals surface area contributed by atoms with Crippen molar-refractivity contribution in [2.45, 2.75) is 23.8 Å². The van der Waals surface area contributed by atoms with Crippen molar-refractivity contribution in [1.82, 2.24) is 5.01 Å². The lowest BCUT2D eigenvalue weighted by atomic mass is 9.77. The summed E-state index contributed by atoms with van der Waals surface area (Å²) in [6, 6.07) is 26.5. The van der Waals surface area contributed by atoms with Crippen molar-refractivity contribution in [2.24, 2.45) is 11.0 Å². The average molecular weight is 429 g/mol. The number of thioether (sulfide) groups is 1. The molecule has 0 bridgehead atoms. The first-order valence-corrected chi connectivity index (χ1v) is 11.5. The summed E-state index contributed by atoms with van der Waals surface area (Å²) < 4.78 is 5.33. The van der Waals surface area contributed by atoms with Crippen LogP contribution in [0.2, 0.25) is 0 Å². The van der Waals surface area contributed by atoms with Crippen LogP contribution in [0.1, 0.15) is 29.2 Å². The Labute approximate surface area is 186 Å². The first kappa shape index (κ1) is 19.9. The monoisotopic (exact) mass is 428 g/mol. The van der Waals surface area contributed by atoms with Crippen LogP contribution in [-0.2, 0) is 11.2 Å². The van der Waals surface area contributed by atoms with Crippen LogP contribution in [0.4, 0.5) is 0 Å². The van der Waals surface area contributed by atoms with Gasteiger partial charge in [-0.2, -0.15) is 5.10 Å². The minimum absolute atomic E-state index is 0.0362. The zero-order valence-electron chi connectivity index (χ0n) is 17.4. The van der Waals surface area contributed by atoms with Gasteiger partial charge in [0.05, 0.1) is 24.6 Å². The van der Waals surface area contributed by atoms with Crippen molar-refractivity contribution in [3.63, 3.8) is 0 Å². The van der Waals surface area contributed by atoms with Gasteiger partial charge in [0.25, 0.3) is 5.91 Å². The van der Waals surface area contributed by atoms with Gasteiger partial charge in [0.1, 0.15) is 5.75 Å². The molecule has 3 aromatic rings. The molecular weight excluding hydrogens is 404 g/mol. The molecule has 156 valence electrons. The van der Waals surface area contributed by atoms with Crippen molar-refractivity contribution < 1.29 is 9.53 Å². The number of hydrazone groups is 1. The van der Waals surface area contributed by atoms with Crippen LogP contribution in [0.15, 0.2) is 88.9 Å². The molecule has 1 aliphatic heterocycles. The maximum absolute atomic E-state index is 13.4. The molecule has 0 saturated heterocycles. The van der Waals surface area contributed by atoms with E-state index in [0.29, 0.717) is 5.75 Å². The van der Waals surface area contributed by atoms with E-state index in [0.717, 1.165) is 34.8 Å². The molecule has 2 atom stereocenters. The lowest BCUT2D eigenvalue weighted by molar-refractivity contribution is -0.130. The van der Waals surface area contributed by atoms with E-state index in [1.165, 1.54) is 11.1 Å². The van der Waals surface area contributed by atoms with Gasteiger partial charge in [-0.3, -0.25) is 4.79 Å². The number of carbonyl (C=O) groups excluding carboxylic acids is 1. The number of hydrogen-bond acceptors (Lipinski definition) is 4. The number of carbonyl (C=O) groups is 1. The molecular formula is C26H24N2O2S. The van der Waals surface area contributed by atoms with E-state index in [1.54, 1.807) is 23.9 Å². The molecule has 0 spiro atoms.